The molecule has 0 saturated carbocycles. The molecule has 0 aliphatic carbocycles. The van der Waals surface area contributed by atoms with Crippen LogP contribution in [0, 0.1) is 13.8 Å². The average Bonchev–Trinajstić information content (AvgIpc) is 2.69. The Hall–Kier alpha value is -2.78. The maximum Gasteiger partial charge on any atom is 0.259 e. The Bertz CT molecular complexity index is 1030. The van der Waals surface area contributed by atoms with Crippen LogP contribution in [0.2, 0.25) is 0 Å². The van der Waals surface area contributed by atoms with E-state index in [1.165, 1.54) is 47.6 Å². The number of anilines is 1. The van der Waals surface area contributed by atoms with Crippen LogP contribution in [0.1, 0.15) is 21.5 Å². The molecule has 0 heterocycles. The van der Waals surface area contributed by atoms with Crippen molar-refractivity contribution in [3.05, 3.63) is 41.0 Å². The minimum atomic E-state index is -3.65. The van der Waals surface area contributed by atoms with Gasteiger partial charge in [0, 0.05) is 31.9 Å². The van der Waals surface area contributed by atoms with Gasteiger partial charge < -0.3 is 19.5 Å². The van der Waals surface area contributed by atoms with Gasteiger partial charge in [-0.25, -0.2) is 12.7 Å². The van der Waals surface area contributed by atoms with Gasteiger partial charge in [-0.3, -0.25) is 4.79 Å². The number of benzene rings is 2. The third kappa shape index (κ3) is 4.46. The molecule has 0 aliphatic heterocycles. The van der Waals surface area contributed by atoms with E-state index in [0.29, 0.717) is 22.9 Å². The summed E-state index contributed by atoms with van der Waals surface area (Å²) in [6, 6.07) is 6.09. The van der Waals surface area contributed by atoms with Crippen LogP contribution in [0.5, 0.6) is 17.2 Å². The van der Waals surface area contributed by atoms with E-state index in [1.54, 1.807) is 19.1 Å². The number of hydrogen-bond donors (Lipinski definition) is 1. The molecule has 158 valence electrons. The van der Waals surface area contributed by atoms with E-state index in [1.807, 2.05) is 6.92 Å². The second-order valence-electron chi connectivity index (χ2n) is 6.56. The SMILES string of the molecule is COc1cc(OC)c(C(=O)Nc2cc(S(=O)(=O)N(C)C)cc(C)c2C)cc1OC. The van der Waals surface area contributed by atoms with E-state index in [2.05, 4.69) is 5.32 Å². The molecule has 0 spiro atoms. The van der Waals surface area contributed by atoms with Crippen molar-refractivity contribution in [2.24, 2.45) is 0 Å². The molecule has 0 aromatic heterocycles. The Kier molecular flexibility index (Phi) is 6.76. The second-order valence-corrected chi connectivity index (χ2v) is 8.71. The molecule has 0 radical (unpaired) electrons. The lowest BCUT2D eigenvalue weighted by molar-refractivity contribution is 0.102. The topological polar surface area (TPSA) is 94.2 Å². The van der Waals surface area contributed by atoms with E-state index in [-0.39, 0.29) is 10.5 Å². The summed E-state index contributed by atoms with van der Waals surface area (Å²) in [5, 5.41) is 2.78. The average molecular weight is 423 g/mol. The van der Waals surface area contributed by atoms with Crippen LogP contribution in [0.4, 0.5) is 5.69 Å². The lowest BCUT2D eigenvalue weighted by Crippen LogP contribution is -2.23. The number of carbonyl (C=O) groups excluding carboxylic acids is 1. The molecule has 29 heavy (non-hydrogen) atoms. The maximum absolute atomic E-state index is 13.0. The van der Waals surface area contributed by atoms with Crippen molar-refractivity contribution in [2.75, 3.05) is 40.7 Å². The molecule has 1 N–H and O–H groups in total. The summed E-state index contributed by atoms with van der Waals surface area (Å²) in [7, 11) is 3.66. The zero-order valence-electron chi connectivity index (χ0n) is 17.6. The maximum atomic E-state index is 13.0. The van der Waals surface area contributed by atoms with Gasteiger partial charge in [-0.2, -0.15) is 0 Å². The number of aryl methyl sites for hydroxylation is 1. The van der Waals surface area contributed by atoms with Gasteiger partial charge in [-0.05, 0) is 37.1 Å². The predicted octanol–water partition coefficient (Wildman–Crippen LogP) is 2.83. The fourth-order valence-electron chi connectivity index (χ4n) is 2.71. The number of methoxy groups -OCH3 is 3. The van der Waals surface area contributed by atoms with Gasteiger partial charge in [-0.15, -0.1) is 0 Å². The Labute approximate surface area is 171 Å². The smallest absolute Gasteiger partial charge is 0.259 e. The van der Waals surface area contributed by atoms with Crippen molar-refractivity contribution in [3.63, 3.8) is 0 Å². The molecule has 8 nitrogen and oxygen atoms in total. The van der Waals surface area contributed by atoms with Crippen molar-refractivity contribution in [1.29, 1.82) is 0 Å². The predicted molar refractivity (Wildman–Crippen MR) is 111 cm³/mol. The van der Waals surface area contributed by atoms with Crippen LogP contribution in [0.15, 0.2) is 29.2 Å². The minimum Gasteiger partial charge on any atom is -0.496 e. The molecule has 9 heteroatoms. The Morgan fingerprint density at radius 3 is 1.97 bits per heavy atom. The molecular weight excluding hydrogens is 396 g/mol. The standard InChI is InChI=1S/C20H26N2O6S/c1-12-8-14(29(24,25)22(3)4)9-16(13(12)2)21-20(23)15-10-18(27-6)19(28-7)11-17(15)26-5/h8-11H,1-7H3,(H,21,23). The number of hydrogen-bond acceptors (Lipinski definition) is 6. The molecule has 2 aromatic rings. The summed E-state index contributed by atoms with van der Waals surface area (Å²) in [5.41, 5.74) is 2.12. The molecular formula is C20H26N2O6S. The molecule has 0 saturated heterocycles. The van der Waals surface area contributed by atoms with Crippen LogP contribution in [-0.2, 0) is 10.0 Å². The largest absolute Gasteiger partial charge is 0.496 e. The van der Waals surface area contributed by atoms with Crippen LogP contribution < -0.4 is 19.5 Å². The first-order valence-corrected chi connectivity index (χ1v) is 10.2. The highest BCUT2D eigenvalue weighted by Crippen LogP contribution is 2.35. The first-order valence-electron chi connectivity index (χ1n) is 8.72. The van der Waals surface area contributed by atoms with Crippen LogP contribution in [0.25, 0.3) is 0 Å². The third-order valence-corrected chi connectivity index (χ3v) is 6.41. The lowest BCUT2D eigenvalue weighted by Gasteiger charge is -2.17. The Balaban J connectivity index is 2.52. The molecule has 1 amide bonds. The first kappa shape index (κ1) is 22.5. The highest BCUT2D eigenvalue weighted by Gasteiger charge is 2.22. The summed E-state index contributed by atoms with van der Waals surface area (Å²) in [4.78, 5) is 13.1. The molecule has 0 aliphatic rings. The highest BCUT2D eigenvalue weighted by molar-refractivity contribution is 7.89. The van der Waals surface area contributed by atoms with E-state index < -0.39 is 15.9 Å². The number of nitrogens with one attached hydrogen (secondary N) is 1. The van der Waals surface area contributed by atoms with Crippen molar-refractivity contribution in [3.8, 4) is 17.2 Å². The van der Waals surface area contributed by atoms with Gasteiger partial charge in [0.05, 0.1) is 31.8 Å². The first-order chi connectivity index (χ1) is 13.6. The quantitative estimate of drug-likeness (QED) is 0.737. The van der Waals surface area contributed by atoms with Gasteiger partial charge in [-0.1, -0.05) is 0 Å². The van der Waals surface area contributed by atoms with E-state index in [9.17, 15) is 13.2 Å². The van der Waals surface area contributed by atoms with Gasteiger partial charge in [0.1, 0.15) is 5.75 Å². The van der Waals surface area contributed by atoms with E-state index in [4.69, 9.17) is 14.2 Å². The zero-order valence-corrected chi connectivity index (χ0v) is 18.4. The van der Waals surface area contributed by atoms with Gasteiger partial charge in [0.2, 0.25) is 10.0 Å². The van der Waals surface area contributed by atoms with Gasteiger partial charge >= 0.3 is 0 Å². The number of rotatable bonds is 7. The summed E-state index contributed by atoms with van der Waals surface area (Å²) in [6.45, 7) is 3.60. The van der Waals surface area contributed by atoms with Crippen molar-refractivity contribution in [1.82, 2.24) is 4.31 Å². The fourth-order valence-corrected chi connectivity index (χ4v) is 3.73. The second kappa shape index (κ2) is 8.71. The van der Waals surface area contributed by atoms with Crippen molar-refractivity contribution < 1.29 is 27.4 Å². The van der Waals surface area contributed by atoms with Crippen LogP contribution in [-0.4, -0.2) is 54.1 Å². The minimum absolute atomic E-state index is 0.0974. The molecule has 0 atom stereocenters. The summed E-state index contributed by atoms with van der Waals surface area (Å²) >= 11 is 0. The van der Waals surface area contributed by atoms with E-state index >= 15 is 0 Å². The normalized spacial score (nSPS) is 11.3. The third-order valence-electron chi connectivity index (χ3n) is 4.62. The summed E-state index contributed by atoms with van der Waals surface area (Å²) in [5.74, 6) is 0.624. The summed E-state index contributed by atoms with van der Waals surface area (Å²) < 4.78 is 42.0. The number of carbonyl (C=O) groups is 1. The van der Waals surface area contributed by atoms with Gasteiger partial charge in [0.25, 0.3) is 5.91 Å². The number of ether oxygens (including phenoxy) is 3. The van der Waals surface area contributed by atoms with Crippen molar-refractivity contribution in [2.45, 2.75) is 18.7 Å². The molecule has 2 rings (SSSR count). The van der Waals surface area contributed by atoms with Gasteiger partial charge in [0.15, 0.2) is 11.5 Å². The lowest BCUT2D eigenvalue weighted by atomic mass is 10.1. The summed E-state index contributed by atoms with van der Waals surface area (Å²) in [6.07, 6.45) is 0. The highest BCUT2D eigenvalue weighted by atomic mass is 32.2. The Morgan fingerprint density at radius 1 is 0.897 bits per heavy atom. The Morgan fingerprint density at radius 2 is 1.45 bits per heavy atom. The monoisotopic (exact) mass is 422 g/mol. The molecule has 0 fully saturated rings. The molecule has 0 bridgehead atoms. The zero-order chi connectivity index (χ0) is 21.9. The number of amides is 1. The van der Waals surface area contributed by atoms with E-state index in [0.717, 1.165) is 15.4 Å². The molecule has 2 aromatic carbocycles. The van der Waals surface area contributed by atoms with Crippen LogP contribution >= 0.6 is 0 Å². The van der Waals surface area contributed by atoms with Crippen LogP contribution in [0.3, 0.4) is 0 Å². The molecule has 0 unspecified atom stereocenters. The fraction of sp³-hybridized carbons (Fsp3) is 0.350. The number of sulfonamides is 1. The number of nitrogens with zero attached hydrogens (tertiary/aromatic N) is 1. The van der Waals surface area contributed by atoms with Crippen molar-refractivity contribution >= 4 is 21.6 Å².